The Morgan fingerprint density at radius 1 is 0.871 bits per heavy atom. The van der Waals surface area contributed by atoms with Crippen LogP contribution in [-0.2, 0) is 15.3 Å². The normalized spacial score (nSPS) is 14.7. The maximum Gasteiger partial charge on any atom is 0.490 e. The summed E-state index contributed by atoms with van der Waals surface area (Å²) in [6.07, 6.45) is -6.67. The third-order valence-corrected chi connectivity index (χ3v) is 3.69. The van der Waals surface area contributed by atoms with Crippen molar-refractivity contribution in [2.75, 3.05) is 13.1 Å². The van der Waals surface area contributed by atoms with Gasteiger partial charge in [-0.3, -0.25) is 4.98 Å². The van der Waals surface area contributed by atoms with Gasteiger partial charge in [0.1, 0.15) is 0 Å². The van der Waals surface area contributed by atoms with Gasteiger partial charge >= 0.3 is 24.3 Å². The van der Waals surface area contributed by atoms with Gasteiger partial charge in [-0.1, -0.05) is 18.2 Å². The summed E-state index contributed by atoms with van der Waals surface area (Å²) in [4.78, 5) is 21.8. The molecule has 170 valence electrons. The number of halogens is 7. The summed E-state index contributed by atoms with van der Waals surface area (Å²) in [7, 11) is 0. The summed E-state index contributed by atoms with van der Waals surface area (Å²) < 4.78 is 77.7. The molecule has 1 fully saturated rings. The van der Waals surface area contributed by atoms with Gasteiger partial charge in [-0.2, -0.15) is 26.3 Å². The molecular weight excluding hydrogens is 441 g/mol. The van der Waals surface area contributed by atoms with Crippen molar-refractivity contribution < 1.29 is 50.5 Å². The van der Waals surface area contributed by atoms with Crippen LogP contribution in [0.5, 0.6) is 0 Å². The van der Waals surface area contributed by atoms with Crippen LogP contribution in [0.3, 0.4) is 0 Å². The fraction of sp³-hybridized carbons (Fsp3) is 0.278. The van der Waals surface area contributed by atoms with E-state index >= 15 is 0 Å². The molecule has 0 aliphatic carbocycles. The number of pyridine rings is 1. The van der Waals surface area contributed by atoms with Crippen LogP contribution in [0, 0.1) is 0 Å². The molecule has 13 heteroatoms. The molecule has 0 bridgehead atoms. The van der Waals surface area contributed by atoms with E-state index in [-0.39, 0.29) is 0 Å². The molecule has 1 aliphatic heterocycles. The first kappa shape index (κ1) is 25.8. The lowest BCUT2D eigenvalue weighted by Gasteiger charge is -2.35. The van der Waals surface area contributed by atoms with E-state index < -0.39 is 30.0 Å². The average Bonchev–Trinajstić information content (AvgIpc) is 2.66. The highest BCUT2D eigenvalue weighted by molar-refractivity contribution is 5.73. The number of aliphatic carboxylic acids is 2. The number of carboxylic acids is 2. The van der Waals surface area contributed by atoms with E-state index in [0.29, 0.717) is 13.1 Å². The molecule has 0 unspecified atom stereocenters. The number of benzene rings is 1. The molecule has 0 radical (unpaired) electrons. The number of hydrogen-bond acceptors (Lipinski definition) is 4. The Morgan fingerprint density at radius 2 is 1.32 bits per heavy atom. The number of carbonyl (C=O) groups is 2. The highest BCUT2D eigenvalue weighted by Gasteiger charge is 2.39. The van der Waals surface area contributed by atoms with E-state index in [1.165, 1.54) is 0 Å². The number of hydrogen-bond donors (Lipinski definition) is 3. The van der Waals surface area contributed by atoms with Crippen LogP contribution in [-0.4, -0.2) is 52.6 Å². The van der Waals surface area contributed by atoms with Gasteiger partial charge in [0.15, 0.2) is 5.67 Å². The summed E-state index contributed by atoms with van der Waals surface area (Å²) >= 11 is 0. The second-order valence-electron chi connectivity index (χ2n) is 5.99. The van der Waals surface area contributed by atoms with Gasteiger partial charge in [0.25, 0.3) is 0 Å². The minimum Gasteiger partial charge on any atom is -0.475 e. The van der Waals surface area contributed by atoms with E-state index in [4.69, 9.17) is 19.8 Å². The Hall–Kier alpha value is -3.22. The lowest BCUT2D eigenvalue weighted by Crippen LogP contribution is -2.53. The first-order chi connectivity index (χ1) is 14.2. The monoisotopic (exact) mass is 456 g/mol. The smallest absolute Gasteiger partial charge is 0.475 e. The maximum atomic E-state index is 14.3. The van der Waals surface area contributed by atoms with Crippen molar-refractivity contribution in [3.05, 3.63) is 54.4 Å². The minimum atomic E-state index is -5.08. The fourth-order valence-electron chi connectivity index (χ4n) is 2.07. The molecule has 1 aromatic heterocycles. The Labute approximate surface area is 170 Å². The van der Waals surface area contributed by atoms with Crippen molar-refractivity contribution in [3.63, 3.8) is 0 Å². The van der Waals surface area contributed by atoms with E-state index in [2.05, 4.69) is 10.3 Å². The molecule has 2 aromatic rings. The first-order valence-electron chi connectivity index (χ1n) is 8.17. The Morgan fingerprint density at radius 3 is 1.68 bits per heavy atom. The van der Waals surface area contributed by atoms with Crippen LogP contribution in [0.4, 0.5) is 30.7 Å². The SMILES string of the molecule is FC1(c2cccc(-c3ccncc3)c2)CNC1.O=C(O)C(F)(F)F.O=C(O)C(F)(F)F. The van der Waals surface area contributed by atoms with Crippen molar-refractivity contribution in [1.82, 2.24) is 10.3 Å². The first-order valence-corrected chi connectivity index (χ1v) is 8.17. The predicted octanol–water partition coefficient (Wildman–Crippen LogP) is 3.78. The summed E-state index contributed by atoms with van der Waals surface area (Å²) in [5, 5.41) is 17.2. The van der Waals surface area contributed by atoms with E-state index in [0.717, 1.165) is 16.7 Å². The molecule has 1 aliphatic rings. The van der Waals surface area contributed by atoms with Crippen LogP contribution < -0.4 is 5.32 Å². The Balaban J connectivity index is 0.000000288. The van der Waals surface area contributed by atoms with E-state index in [1.807, 2.05) is 36.4 Å². The zero-order valence-corrected chi connectivity index (χ0v) is 15.3. The molecule has 1 saturated heterocycles. The maximum absolute atomic E-state index is 14.3. The topological polar surface area (TPSA) is 99.5 Å². The Bertz CT molecular complexity index is 858. The third-order valence-electron chi connectivity index (χ3n) is 3.69. The fourth-order valence-corrected chi connectivity index (χ4v) is 2.07. The number of nitrogens with one attached hydrogen (secondary N) is 1. The molecule has 0 amide bonds. The van der Waals surface area contributed by atoms with Crippen LogP contribution >= 0.6 is 0 Å². The van der Waals surface area contributed by atoms with Crippen LogP contribution in [0.1, 0.15) is 5.56 Å². The number of nitrogens with zero attached hydrogens (tertiary/aromatic N) is 1. The van der Waals surface area contributed by atoms with E-state index in [9.17, 15) is 30.7 Å². The zero-order valence-electron chi connectivity index (χ0n) is 15.3. The number of carboxylic acid groups (broad SMARTS) is 2. The average molecular weight is 456 g/mol. The lowest BCUT2D eigenvalue weighted by molar-refractivity contribution is -0.193. The van der Waals surface area contributed by atoms with Gasteiger partial charge in [-0.25, -0.2) is 14.0 Å². The second-order valence-corrected chi connectivity index (χ2v) is 5.99. The molecule has 0 spiro atoms. The molecule has 31 heavy (non-hydrogen) atoms. The Kier molecular flexibility index (Phi) is 8.49. The van der Waals surface area contributed by atoms with Crippen LogP contribution in [0.15, 0.2) is 48.8 Å². The van der Waals surface area contributed by atoms with E-state index in [1.54, 1.807) is 12.4 Å². The van der Waals surface area contributed by atoms with Gasteiger partial charge in [0, 0.05) is 25.5 Å². The second kappa shape index (κ2) is 10.2. The molecule has 2 heterocycles. The summed E-state index contributed by atoms with van der Waals surface area (Å²) in [6, 6.07) is 11.5. The summed E-state index contributed by atoms with van der Waals surface area (Å²) in [6.45, 7) is 0.819. The van der Waals surface area contributed by atoms with Crippen LogP contribution in [0.2, 0.25) is 0 Å². The molecule has 3 N–H and O–H groups in total. The van der Waals surface area contributed by atoms with Gasteiger partial charge < -0.3 is 15.5 Å². The van der Waals surface area contributed by atoms with Crippen LogP contribution in [0.25, 0.3) is 11.1 Å². The molecule has 0 atom stereocenters. The van der Waals surface area contributed by atoms with Crippen molar-refractivity contribution in [2.45, 2.75) is 18.0 Å². The largest absolute Gasteiger partial charge is 0.490 e. The highest BCUT2D eigenvalue weighted by atomic mass is 19.4. The predicted molar refractivity (Wildman–Crippen MR) is 92.7 cm³/mol. The molecule has 1 aromatic carbocycles. The van der Waals surface area contributed by atoms with Gasteiger partial charge in [-0.15, -0.1) is 0 Å². The minimum absolute atomic E-state index is 0.410. The molecule has 0 saturated carbocycles. The number of rotatable bonds is 2. The molecule has 6 nitrogen and oxygen atoms in total. The highest BCUT2D eigenvalue weighted by Crippen LogP contribution is 2.32. The summed E-state index contributed by atoms with van der Waals surface area (Å²) in [5.74, 6) is -5.51. The summed E-state index contributed by atoms with van der Waals surface area (Å²) in [5.41, 5.74) is 1.67. The third kappa shape index (κ3) is 8.20. The molecular formula is C18H15F7N2O4. The zero-order chi connectivity index (χ0) is 23.9. The lowest BCUT2D eigenvalue weighted by atomic mass is 9.88. The quantitative estimate of drug-likeness (QED) is 0.595. The van der Waals surface area contributed by atoms with Gasteiger partial charge in [0.2, 0.25) is 0 Å². The number of alkyl halides is 7. The standard InChI is InChI=1S/C14H13FN2.2C2HF3O2/c15-14(9-17-10-14)13-3-1-2-12(8-13)11-4-6-16-7-5-11;2*3-2(4,5)1(6)7/h1-8,17H,9-10H2;2*(H,6,7). The van der Waals surface area contributed by atoms with Crippen molar-refractivity contribution in [2.24, 2.45) is 0 Å². The van der Waals surface area contributed by atoms with Gasteiger partial charge in [-0.05, 0) is 34.9 Å². The van der Waals surface area contributed by atoms with Crippen molar-refractivity contribution >= 4 is 11.9 Å². The van der Waals surface area contributed by atoms with Crippen molar-refractivity contribution in [1.29, 1.82) is 0 Å². The molecule has 3 rings (SSSR count). The van der Waals surface area contributed by atoms with Gasteiger partial charge in [0.05, 0.1) is 0 Å². The van der Waals surface area contributed by atoms with Crippen molar-refractivity contribution in [3.8, 4) is 11.1 Å². The number of aromatic nitrogens is 1.